The fraction of sp³-hybridized carbons (Fsp3) is 1.00. The van der Waals surface area contributed by atoms with E-state index >= 15 is 0 Å². The summed E-state index contributed by atoms with van der Waals surface area (Å²) in [7, 11) is -3.35. The molecule has 0 aromatic heterocycles. The van der Waals surface area contributed by atoms with Crippen molar-refractivity contribution in [3.8, 4) is 0 Å². The summed E-state index contributed by atoms with van der Waals surface area (Å²) in [6.07, 6.45) is 4.01. The summed E-state index contributed by atoms with van der Waals surface area (Å²) in [5.74, 6) is 0.395. The van der Waals surface area contributed by atoms with E-state index in [1.807, 2.05) is 0 Å². The number of halogens is 1. The van der Waals surface area contributed by atoms with Gasteiger partial charge in [-0.3, -0.25) is 4.90 Å². The van der Waals surface area contributed by atoms with Crippen LogP contribution in [0.2, 0.25) is 0 Å². The molecule has 7 heteroatoms. The average molecular weight is 338 g/mol. The van der Waals surface area contributed by atoms with E-state index in [1.165, 1.54) is 0 Å². The first-order chi connectivity index (χ1) is 10.0. The van der Waals surface area contributed by atoms with Gasteiger partial charge in [-0.2, -0.15) is 17.0 Å². The molecule has 2 fully saturated rings. The molecule has 2 aliphatic heterocycles. The van der Waals surface area contributed by atoms with Gasteiger partial charge >= 0.3 is 0 Å². The minimum atomic E-state index is -3.35. The van der Waals surface area contributed by atoms with Crippen LogP contribution in [0.4, 0.5) is 0 Å². The summed E-state index contributed by atoms with van der Waals surface area (Å²) in [4.78, 5) is 2.38. The van der Waals surface area contributed by atoms with Gasteiger partial charge in [-0.05, 0) is 26.2 Å². The van der Waals surface area contributed by atoms with Crippen molar-refractivity contribution in [1.82, 2.24) is 13.5 Å². The largest absolute Gasteiger partial charge is 0.298 e. The van der Waals surface area contributed by atoms with Gasteiger partial charge in [0.1, 0.15) is 0 Å². The molecule has 2 atom stereocenters. The third-order valence-corrected chi connectivity index (χ3v) is 7.31. The Bertz CT molecular complexity index is 424. The fourth-order valence-corrected chi connectivity index (χ4v) is 5.45. The molecule has 0 aliphatic carbocycles. The van der Waals surface area contributed by atoms with Crippen LogP contribution in [0.3, 0.4) is 0 Å². The van der Waals surface area contributed by atoms with Crippen LogP contribution in [-0.4, -0.2) is 72.6 Å². The number of rotatable bonds is 5. The number of piperidine rings is 1. The highest BCUT2D eigenvalue weighted by atomic mass is 35.5. The van der Waals surface area contributed by atoms with Crippen LogP contribution in [-0.2, 0) is 10.2 Å². The quantitative estimate of drug-likeness (QED) is 0.718. The molecule has 2 unspecified atom stereocenters. The van der Waals surface area contributed by atoms with Gasteiger partial charge in [-0.1, -0.05) is 13.3 Å². The predicted octanol–water partition coefficient (Wildman–Crippen LogP) is 1.74. The van der Waals surface area contributed by atoms with Crippen LogP contribution in [0.25, 0.3) is 0 Å². The molecule has 2 saturated heterocycles. The molecule has 5 nitrogen and oxygen atoms in total. The second-order valence-corrected chi connectivity index (χ2v) is 8.30. The molecule has 0 amide bonds. The molecular formula is C14H28ClN3O2S. The number of piperazine rings is 1. The summed E-state index contributed by atoms with van der Waals surface area (Å²) in [6, 6.07) is 0.499. The van der Waals surface area contributed by atoms with Crippen molar-refractivity contribution in [2.45, 2.75) is 51.6 Å². The molecule has 124 valence electrons. The fourth-order valence-electron chi connectivity index (χ4n) is 3.21. The molecule has 0 aromatic carbocycles. The molecule has 2 aliphatic rings. The van der Waals surface area contributed by atoms with Gasteiger partial charge in [0.05, 0.1) is 0 Å². The Labute approximate surface area is 134 Å². The molecule has 0 spiro atoms. The molecule has 0 bridgehead atoms. The van der Waals surface area contributed by atoms with Crippen LogP contribution >= 0.6 is 11.6 Å². The first-order valence-corrected chi connectivity index (χ1v) is 10.0. The molecule has 0 radical (unpaired) electrons. The Hall–Kier alpha value is 0.120. The lowest BCUT2D eigenvalue weighted by molar-refractivity contribution is 0.134. The summed E-state index contributed by atoms with van der Waals surface area (Å²) >= 11 is 5.97. The van der Waals surface area contributed by atoms with Crippen LogP contribution < -0.4 is 0 Å². The van der Waals surface area contributed by atoms with E-state index in [0.717, 1.165) is 38.8 Å². The summed E-state index contributed by atoms with van der Waals surface area (Å²) in [6.45, 7) is 7.84. The number of alkyl halides is 1. The highest BCUT2D eigenvalue weighted by Gasteiger charge is 2.37. The SMILES string of the molecule is CCC(C)N1CCN(S(=O)(=O)N2CCCCC2CCl)CC1. The minimum Gasteiger partial charge on any atom is -0.298 e. The van der Waals surface area contributed by atoms with Crippen molar-refractivity contribution in [2.24, 2.45) is 0 Å². The molecular weight excluding hydrogens is 310 g/mol. The van der Waals surface area contributed by atoms with Crippen LogP contribution in [0.5, 0.6) is 0 Å². The molecule has 0 saturated carbocycles. The van der Waals surface area contributed by atoms with E-state index in [9.17, 15) is 8.42 Å². The van der Waals surface area contributed by atoms with E-state index in [2.05, 4.69) is 18.7 Å². The summed E-state index contributed by atoms with van der Waals surface area (Å²) in [5.41, 5.74) is 0. The van der Waals surface area contributed by atoms with Crippen molar-refractivity contribution in [1.29, 1.82) is 0 Å². The van der Waals surface area contributed by atoms with Crippen molar-refractivity contribution in [3.63, 3.8) is 0 Å². The molecule has 0 aromatic rings. The van der Waals surface area contributed by atoms with Crippen molar-refractivity contribution in [3.05, 3.63) is 0 Å². The number of hydrogen-bond acceptors (Lipinski definition) is 3. The highest BCUT2D eigenvalue weighted by Crippen LogP contribution is 2.24. The van der Waals surface area contributed by atoms with Gasteiger partial charge < -0.3 is 0 Å². The van der Waals surface area contributed by atoms with Gasteiger partial charge in [0.2, 0.25) is 0 Å². The third kappa shape index (κ3) is 3.91. The molecule has 21 heavy (non-hydrogen) atoms. The van der Waals surface area contributed by atoms with Crippen LogP contribution in [0.1, 0.15) is 39.5 Å². The van der Waals surface area contributed by atoms with E-state index in [0.29, 0.717) is 31.6 Å². The molecule has 0 N–H and O–H groups in total. The average Bonchev–Trinajstić information content (AvgIpc) is 2.54. The van der Waals surface area contributed by atoms with Crippen LogP contribution in [0, 0.1) is 0 Å². The van der Waals surface area contributed by atoms with Crippen LogP contribution in [0.15, 0.2) is 0 Å². The van der Waals surface area contributed by atoms with Gasteiger partial charge in [-0.15, -0.1) is 11.6 Å². The maximum atomic E-state index is 12.8. The summed E-state index contributed by atoms with van der Waals surface area (Å²) in [5, 5.41) is 0. The maximum absolute atomic E-state index is 12.8. The van der Waals surface area contributed by atoms with Crippen molar-refractivity contribution in [2.75, 3.05) is 38.6 Å². The van der Waals surface area contributed by atoms with Crippen molar-refractivity contribution >= 4 is 21.8 Å². The third-order valence-electron chi connectivity index (χ3n) is 4.86. The Kier molecular flexibility index (Phi) is 6.32. The van der Waals surface area contributed by atoms with Gasteiger partial charge in [-0.25, -0.2) is 0 Å². The Morgan fingerprint density at radius 3 is 2.38 bits per heavy atom. The monoisotopic (exact) mass is 337 g/mol. The molecule has 2 heterocycles. The van der Waals surface area contributed by atoms with Crippen molar-refractivity contribution < 1.29 is 8.42 Å². The standard InChI is InChI=1S/C14H28ClN3O2S/c1-3-13(2)16-8-10-17(11-9-16)21(19,20)18-7-5-4-6-14(18)12-15/h13-14H,3-12H2,1-2H3. The first-order valence-electron chi connectivity index (χ1n) is 8.07. The normalized spacial score (nSPS) is 28.6. The van der Waals surface area contributed by atoms with Gasteiger partial charge in [0.25, 0.3) is 10.2 Å². The summed E-state index contributed by atoms with van der Waals surface area (Å²) < 4.78 is 29.0. The zero-order valence-corrected chi connectivity index (χ0v) is 14.7. The zero-order valence-electron chi connectivity index (χ0n) is 13.2. The number of hydrogen-bond donors (Lipinski definition) is 0. The van der Waals surface area contributed by atoms with Gasteiger partial charge in [0, 0.05) is 50.7 Å². The second-order valence-electron chi connectivity index (χ2n) is 6.11. The smallest absolute Gasteiger partial charge is 0.282 e. The van der Waals surface area contributed by atoms with E-state index in [1.54, 1.807) is 8.61 Å². The molecule has 2 rings (SSSR count). The lowest BCUT2D eigenvalue weighted by atomic mass is 10.1. The Morgan fingerprint density at radius 1 is 1.14 bits per heavy atom. The zero-order chi connectivity index (χ0) is 15.5. The lowest BCUT2D eigenvalue weighted by Crippen LogP contribution is -2.57. The Morgan fingerprint density at radius 2 is 1.81 bits per heavy atom. The van der Waals surface area contributed by atoms with Gasteiger partial charge in [0.15, 0.2) is 0 Å². The first kappa shape index (κ1) is 17.5. The minimum absolute atomic E-state index is 0.0296. The second kappa shape index (κ2) is 7.59. The lowest BCUT2D eigenvalue weighted by Gasteiger charge is -2.41. The van der Waals surface area contributed by atoms with E-state index < -0.39 is 10.2 Å². The predicted molar refractivity (Wildman–Crippen MR) is 86.9 cm³/mol. The topological polar surface area (TPSA) is 43.9 Å². The maximum Gasteiger partial charge on any atom is 0.282 e. The number of nitrogens with zero attached hydrogens (tertiary/aromatic N) is 3. The van der Waals surface area contributed by atoms with E-state index in [4.69, 9.17) is 11.6 Å². The highest BCUT2D eigenvalue weighted by molar-refractivity contribution is 7.86. The Balaban J connectivity index is 2.00. The van der Waals surface area contributed by atoms with E-state index in [-0.39, 0.29) is 6.04 Å².